The first-order valence-electron chi connectivity index (χ1n) is 10.2. The van der Waals surface area contributed by atoms with Gasteiger partial charge in [-0.3, -0.25) is 9.59 Å². The lowest BCUT2D eigenvalue weighted by Crippen LogP contribution is -2.44. The highest BCUT2D eigenvalue weighted by Crippen LogP contribution is 2.23. The summed E-state index contributed by atoms with van der Waals surface area (Å²) in [6.07, 6.45) is 4.37. The molecule has 3 rings (SSSR count). The molecular weight excluding hydrogens is 406 g/mol. The maximum Gasteiger partial charge on any atom is 0.258 e. The maximum atomic E-state index is 12.5. The summed E-state index contributed by atoms with van der Waals surface area (Å²) in [6, 6.07) is 6.24. The topological polar surface area (TPSA) is 63.9 Å². The second-order valence-electron chi connectivity index (χ2n) is 7.15. The van der Waals surface area contributed by atoms with Crippen molar-refractivity contribution in [2.45, 2.75) is 45.6 Å². The van der Waals surface area contributed by atoms with E-state index < -0.39 is 0 Å². The molecule has 1 atom stereocenters. The highest BCUT2D eigenvalue weighted by atomic mass is 32.2. The molecular formula is C21H29N3O3S2. The van der Waals surface area contributed by atoms with Crippen molar-refractivity contribution in [1.82, 2.24) is 9.47 Å². The molecule has 1 aromatic carbocycles. The first-order valence-corrected chi connectivity index (χ1v) is 12.2. The smallest absolute Gasteiger partial charge is 0.258 e. The minimum Gasteiger partial charge on any atom is -0.494 e. The number of likely N-dealkylation sites (tertiary alicyclic amines) is 1. The molecule has 1 fully saturated rings. The number of ether oxygens (including phenoxy) is 1. The van der Waals surface area contributed by atoms with E-state index in [2.05, 4.69) is 11.9 Å². The number of aryl methyl sites for hydroxylation is 1. The second-order valence-corrected chi connectivity index (χ2v) is 9.14. The zero-order valence-electron chi connectivity index (χ0n) is 17.3. The molecule has 1 aliphatic heterocycles. The van der Waals surface area contributed by atoms with Crippen molar-refractivity contribution >= 4 is 45.1 Å². The summed E-state index contributed by atoms with van der Waals surface area (Å²) in [5.41, 5.74) is 1.02. The van der Waals surface area contributed by atoms with Crippen LogP contribution >= 0.6 is 23.1 Å². The van der Waals surface area contributed by atoms with Crippen LogP contribution < -0.4 is 9.54 Å². The SMILES string of the molecule is CCOc1ccc2c(c1)sc(=NC(=O)CSCC(=O)N1CCCCC1CC)n2C. The van der Waals surface area contributed by atoms with Gasteiger partial charge in [0.1, 0.15) is 5.75 Å². The molecule has 1 aromatic heterocycles. The molecule has 2 aromatic rings. The molecule has 0 saturated carbocycles. The van der Waals surface area contributed by atoms with Crippen LogP contribution in [0.2, 0.25) is 0 Å². The number of amides is 2. The van der Waals surface area contributed by atoms with E-state index in [4.69, 9.17) is 4.74 Å². The number of benzene rings is 1. The fourth-order valence-electron chi connectivity index (χ4n) is 3.68. The third kappa shape index (κ3) is 5.42. The average molecular weight is 436 g/mol. The lowest BCUT2D eigenvalue weighted by Gasteiger charge is -2.35. The number of hydrogen-bond acceptors (Lipinski definition) is 5. The first kappa shape index (κ1) is 21.9. The maximum absolute atomic E-state index is 12.5. The number of thiazole rings is 1. The van der Waals surface area contributed by atoms with Crippen LogP contribution in [-0.2, 0) is 16.6 Å². The van der Waals surface area contributed by atoms with Crippen LogP contribution in [0.1, 0.15) is 39.5 Å². The molecule has 0 N–H and O–H groups in total. The van der Waals surface area contributed by atoms with E-state index in [-0.39, 0.29) is 17.6 Å². The van der Waals surface area contributed by atoms with Crippen molar-refractivity contribution in [3.05, 3.63) is 23.0 Å². The third-order valence-electron chi connectivity index (χ3n) is 5.18. The fraction of sp³-hybridized carbons (Fsp3) is 0.571. The van der Waals surface area contributed by atoms with Crippen LogP contribution in [0, 0.1) is 0 Å². The Morgan fingerprint density at radius 3 is 2.86 bits per heavy atom. The van der Waals surface area contributed by atoms with E-state index >= 15 is 0 Å². The number of aromatic nitrogens is 1. The molecule has 6 nitrogen and oxygen atoms in total. The van der Waals surface area contributed by atoms with Crippen LogP contribution in [0.4, 0.5) is 0 Å². The zero-order valence-corrected chi connectivity index (χ0v) is 19.0. The Kier molecular flexibility index (Phi) is 7.77. The van der Waals surface area contributed by atoms with Crippen molar-refractivity contribution < 1.29 is 14.3 Å². The third-order valence-corrected chi connectivity index (χ3v) is 7.18. The van der Waals surface area contributed by atoms with Gasteiger partial charge < -0.3 is 14.2 Å². The van der Waals surface area contributed by atoms with E-state index in [0.29, 0.717) is 23.2 Å². The van der Waals surface area contributed by atoms with E-state index in [1.54, 1.807) is 0 Å². The predicted octanol–water partition coefficient (Wildman–Crippen LogP) is 3.59. The fourth-order valence-corrected chi connectivity index (χ4v) is 5.42. The van der Waals surface area contributed by atoms with Crippen molar-refractivity contribution in [2.24, 2.45) is 12.0 Å². The molecule has 158 valence electrons. The lowest BCUT2D eigenvalue weighted by atomic mass is 10.0. The monoisotopic (exact) mass is 435 g/mol. The molecule has 1 aliphatic rings. The van der Waals surface area contributed by atoms with Gasteiger partial charge in [0.15, 0.2) is 4.80 Å². The molecule has 1 unspecified atom stereocenters. The minimum absolute atomic E-state index is 0.144. The van der Waals surface area contributed by atoms with Crippen molar-refractivity contribution in [2.75, 3.05) is 24.7 Å². The van der Waals surface area contributed by atoms with Crippen LogP contribution in [0.5, 0.6) is 5.75 Å². The van der Waals surface area contributed by atoms with Crippen molar-refractivity contribution in [3.63, 3.8) is 0 Å². The van der Waals surface area contributed by atoms with Gasteiger partial charge in [-0.1, -0.05) is 18.3 Å². The number of carbonyl (C=O) groups is 2. The summed E-state index contributed by atoms with van der Waals surface area (Å²) in [5, 5.41) is 0. The van der Waals surface area contributed by atoms with E-state index in [1.165, 1.54) is 29.5 Å². The molecule has 29 heavy (non-hydrogen) atoms. The number of piperidine rings is 1. The molecule has 0 radical (unpaired) electrons. The van der Waals surface area contributed by atoms with E-state index in [1.807, 2.05) is 41.6 Å². The Balaban J connectivity index is 1.60. The molecule has 0 aliphatic carbocycles. The summed E-state index contributed by atoms with van der Waals surface area (Å²) < 4.78 is 8.50. The molecule has 0 bridgehead atoms. The molecule has 8 heteroatoms. The molecule has 1 saturated heterocycles. The minimum atomic E-state index is -0.208. The predicted molar refractivity (Wildman–Crippen MR) is 120 cm³/mol. The van der Waals surface area contributed by atoms with Gasteiger partial charge in [-0.2, -0.15) is 4.99 Å². The average Bonchev–Trinajstić information content (AvgIpc) is 3.02. The van der Waals surface area contributed by atoms with Crippen molar-refractivity contribution in [3.8, 4) is 5.75 Å². The molecule has 2 amide bonds. The number of carbonyl (C=O) groups excluding carboxylic acids is 2. The number of nitrogens with zero attached hydrogens (tertiary/aromatic N) is 3. The Hall–Kier alpha value is -1.80. The van der Waals surface area contributed by atoms with Gasteiger partial charge in [0.05, 0.1) is 28.3 Å². The highest BCUT2D eigenvalue weighted by molar-refractivity contribution is 8.00. The molecule has 0 spiro atoms. The second kappa shape index (κ2) is 10.3. The number of hydrogen-bond donors (Lipinski definition) is 0. The van der Waals surface area contributed by atoms with Gasteiger partial charge in [-0.15, -0.1) is 11.8 Å². The largest absolute Gasteiger partial charge is 0.494 e. The van der Waals surface area contributed by atoms with Gasteiger partial charge in [0.25, 0.3) is 5.91 Å². The normalized spacial score (nSPS) is 17.7. The summed E-state index contributed by atoms with van der Waals surface area (Å²) in [7, 11) is 1.91. The summed E-state index contributed by atoms with van der Waals surface area (Å²) in [5.74, 6) is 1.31. The standard InChI is InChI=1S/C21H29N3O3S2/c1-4-15-8-6-7-11-24(15)20(26)14-28-13-19(25)22-21-23(3)17-10-9-16(27-5-2)12-18(17)29-21/h9-10,12,15H,4-8,11,13-14H2,1-3H3. The Labute approximate surface area is 180 Å². The molecule has 2 heterocycles. The quantitative estimate of drug-likeness (QED) is 0.667. The van der Waals surface area contributed by atoms with Gasteiger partial charge in [-0.05, 0) is 50.8 Å². The zero-order chi connectivity index (χ0) is 20.8. The first-order chi connectivity index (χ1) is 14.0. The number of thioether (sulfide) groups is 1. The number of rotatable bonds is 7. The van der Waals surface area contributed by atoms with E-state index in [0.717, 1.165) is 41.8 Å². The summed E-state index contributed by atoms with van der Waals surface area (Å²) >= 11 is 2.83. The Morgan fingerprint density at radius 1 is 1.28 bits per heavy atom. The Bertz CT molecular complexity index is 935. The van der Waals surface area contributed by atoms with Crippen LogP contribution in [0.3, 0.4) is 0 Å². The van der Waals surface area contributed by atoms with Crippen LogP contribution in [0.15, 0.2) is 23.2 Å². The lowest BCUT2D eigenvalue weighted by molar-refractivity contribution is -0.132. The van der Waals surface area contributed by atoms with Crippen molar-refractivity contribution in [1.29, 1.82) is 0 Å². The summed E-state index contributed by atoms with van der Waals surface area (Å²) in [6.45, 7) is 5.55. The van der Waals surface area contributed by atoms with Crippen LogP contribution in [-0.4, -0.2) is 52.0 Å². The van der Waals surface area contributed by atoms with Crippen LogP contribution in [0.25, 0.3) is 10.2 Å². The van der Waals surface area contributed by atoms with Gasteiger partial charge in [0, 0.05) is 19.6 Å². The number of fused-ring (bicyclic) bond motifs is 1. The Morgan fingerprint density at radius 2 is 2.10 bits per heavy atom. The van der Waals surface area contributed by atoms with Gasteiger partial charge in [0.2, 0.25) is 5.91 Å². The van der Waals surface area contributed by atoms with Gasteiger partial charge >= 0.3 is 0 Å². The van der Waals surface area contributed by atoms with Gasteiger partial charge in [-0.25, -0.2) is 0 Å². The van der Waals surface area contributed by atoms with E-state index in [9.17, 15) is 9.59 Å². The summed E-state index contributed by atoms with van der Waals surface area (Å²) in [4.78, 5) is 31.8. The highest BCUT2D eigenvalue weighted by Gasteiger charge is 2.25.